The molecule has 0 atom stereocenters. The lowest BCUT2D eigenvalue weighted by Gasteiger charge is -2.27. The van der Waals surface area contributed by atoms with E-state index < -0.39 is 0 Å². The average Bonchev–Trinajstić information content (AvgIpc) is 3.14. The summed E-state index contributed by atoms with van der Waals surface area (Å²) in [5, 5.41) is 0.390. The molecule has 1 saturated carbocycles. The fraction of sp³-hybridized carbons (Fsp3) is 0.300. The van der Waals surface area contributed by atoms with Crippen molar-refractivity contribution in [2.75, 3.05) is 6.54 Å². The predicted octanol–water partition coefficient (Wildman–Crippen LogP) is 4.17. The molecule has 2 aromatic rings. The summed E-state index contributed by atoms with van der Waals surface area (Å²) in [5.41, 5.74) is 1.46. The van der Waals surface area contributed by atoms with E-state index in [0.29, 0.717) is 17.1 Å². The van der Waals surface area contributed by atoms with Gasteiger partial charge in [-0.1, -0.05) is 54.5 Å². The van der Waals surface area contributed by atoms with E-state index in [1.54, 1.807) is 12.3 Å². The number of halogens is 1. The van der Waals surface area contributed by atoms with E-state index in [4.69, 9.17) is 11.6 Å². The minimum absolute atomic E-state index is 0.0586. The van der Waals surface area contributed by atoms with E-state index in [1.165, 1.54) is 6.20 Å². The number of amides is 1. The maximum atomic E-state index is 12.9. The first kappa shape index (κ1) is 16.5. The molecule has 0 aliphatic heterocycles. The molecule has 1 fully saturated rings. The van der Waals surface area contributed by atoms with E-state index in [9.17, 15) is 4.79 Å². The topological polar surface area (TPSA) is 33.2 Å². The quantitative estimate of drug-likeness (QED) is 0.787. The van der Waals surface area contributed by atoms with Crippen LogP contribution in [0.25, 0.3) is 0 Å². The second kappa shape index (κ2) is 7.99. The Morgan fingerprint density at radius 2 is 1.96 bits per heavy atom. The number of benzene rings is 1. The van der Waals surface area contributed by atoms with Crippen LogP contribution in [-0.4, -0.2) is 28.4 Å². The Morgan fingerprint density at radius 1 is 1.21 bits per heavy atom. The van der Waals surface area contributed by atoms with Gasteiger partial charge < -0.3 is 4.90 Å². The van der Waals surface area contributed by atoms with Crippen molar-refractivity contribution in [2.45, 2.75) is 31.7 Å². The van der Waals surface area contributed by atoms with Crippen molar-refractivity contribution in [1.29, 1.82) is 0 Å². The van der Waals surface area contributed by atoms with Gasteiger partial charge in [-0.2, -0.15) is 0 Å². The minimum atomic E-state index is -0.0586. The highest BCUT2D eigenvalue weighted by atomic mass is 35.5. The molecule has 4 heteroatoms. The van der Waals surface area contributed by atoms with Crippen LogP contribution in [0.5, 0.6) is 0 Å². The highest BCUT2D eigenvalue weighted by Gasteiger charge is 2.27. The number of rotatable bonds is 3. The average molecular weight is 339 g/mol. The normalized spacial score (nSPS) is 14.0. The molecule has 1 aliphatic carbocycles. The second-order valence-electron chi connectivity index (χ2n) is 5.89. The van der Waals surface area contributed by atoms with Gasteiger partial charge in [0.05, 0.1) is 17.1 Å². The lowest BCUT2D eigenvalue weighted by molar-refractivity contribution is 0.0710. The number of carbonyl (C=O) groups excluding carboxylic acids is 1. The first-order valence-electron chi connectivity index (χ1n) is 8.20. The first-order valence-corrected chi connectivity index (χ1v) is 8.58. The highest BCUT2D eigenvalue weighted by Crippen LogP contribution is 2.26. The van der Waals surface area contributed by atoms with E-state index in [-0.39, 0.29) is 11.9 Å². The zero-order valence-electron chi connectivity index (χ0n) is 13.4. The fourth-order valence-corrected chi connectivity index (χ4v) is 3.23. The van der Waals surface area contributed by atoms with Crippen molar-refractivity contribution in [3.63, 3.8) is 0 Å². The second-order valence-corrected chi connectivity index (χ2v) is 6.30. The van der Waals surface area contributed by atoms with Crippen LogP contribution < -0.4 is 0 Å². The molecule has 0 bridgehead atoms. The summed E-state index contributed by atoms with van der Waals surface area (Å²) in [7, 11) is 0. The van der Waals surface area contributed by atoms with E-state index in [0.717, 1.165) is 31.2 Å². The molecule has 1 heterocycles. The Labute approximate surface area is 147 Å². The maximum absolute atomic E-state index is 12.9. The summed E-state index contributed by atoms with van der Waals surface area (Å²) < 4.78 is 0. The molecule has 1 aromatic heterocycles. The third kappa shape index (κ3) is 3.96. The number of hydrogen-bond acceptors (Lipinski definition) is 2. The van der Waals surface area contributed by atoms with Gasteiger partial charge in [0.25, 0.3) is 5.91 Å². The molecule has 1 aromatic carbocycles. The van der Waals surface area contributed by atoms with Gasteiger partial charge in [-0.05, 0) is 31.0 Å². The predicted molar refractivity (Wildman–Crippen MR) is 95.9 cm³/mol. The number of nitrogens with zero attached hydrogens (tertiary/aromatic N) is 2. The van der Waals surface area contributed by atoms with E-state index in [2.05, 4.69) is 16.8 Å². The van der Waals surface area contributed by atoms with Gasteiger partial charge in [0.15, 0.2) is 0 Å². The molecule has 0 radical (unpaired) electrons. The zero-order valence-corrected chi connectivity index (χ0v) is 14.2. The van der Waals surface area contributed by atoms with Gasteiger partial charge in [0.1, 0.15) is 0 Å². The first-order chi connectivity index (χ1) is 11.8. The Bertz CT molecular complexity index is 758. The third-order valence-electron chi connectivity index (χ3n) is 4.29. The molecule has 1 aliphatic rings. The summed E-state index contributed by atoms with van der Waals surface area (Å²) in [5.74, 6) is 6.22. The molecule has 122 valence electrons. The number of carbonyl (C=O) groups is 1. The SMILES string of the molecule is O=C(c1ccncc1Cl)N(CC#Cc1ccccc1)C1CCCC1. The molecular formula is C20H19ClN2O. The molecule has 24 heavy (non-hydrogen) atoms. The Hall–Kier alpha value is -2.31. The summed E-state index contributed by atoms with van der Waals surface area (Å²) >= 11 is 6.15. The van der Waals surface area contributed by atoms with Crippen molar-refractivity contribution in [2.24, 2.45) is 0 Å². The van der Waals surface area contributed by atoms with Gasteiger partial charge in [-0.25, -0.2) is 0 Å². The molecule has 0 unspecified atom stereocenters. The van der Waals surface area contributed by atoms with Crippen LogP contribution in [0.1, 0.15) is 41.6 Å². The summed E-state index contributed by atoms with van der Waals surface area (Å²) in [6.07, 6.45) is 7.48. The highest BCUT2D eigenvalue weighted by molar-refractivity contribution is 6.33. The van der Waals surface area contributed by atoms with Gasteiger partial charge in [0, 0.05) is 24.0 Å². The van der Waals surface area contributed by atoms with Crippen molar-refractivity contribution < 1.29 is 4.79 Å². The van der Waals surface area contributed by atoms with Crippen LogP contribution in [0.3, 0.4) is 0 Å². The zero-order chi connectivity index (χ0) is 16.8. The van der Waals surface area contributed by atoms with Crippen LogP contribution in [0.2, 0.25) is 5.02 Å². The Kier molecular flexibility index (Phi) is 5.51. The fourth-order valence-electron chi connectivity index (χ4n) is 3.03. The Morgan fingerprint density at radius 3 is 2.67 bits per heavy atom. The lowest BCUT2D eigenvalue weighted by atomic mass is 10.1. The molecule has 0 spiro atoms. The van der Waals surface area contributed by atoms with E-state index in [1.807, 2.05) is 35.2 Å². The van der Waals surface area contributed by atoms with Crippen molar-refractivity contribution in [3.8, 4) is 11.8 Å². The molecule has 3 rings (SSSR count). The number of aromatic nitrogens is 1. The largest absolute Gasteiger partial charge is 0.324 e. The van der Waals surface area contributed by atoms with Gasteiger partial charge in [-0.15, -0.1) is 0 Å². The standard InChI is InChI=1S/C20H19ClN2O/c21-19-15-22-13-12-18(19)20(24)23(17-10-4-5-11-17)14-6-9-16-7-2-1-3-8-16/h1-3,7-8,12-13,15,17H,4-5,10-11,14H2. The third-order valence-corrected chi connectivity index (χ3v) is 4.59. The van der Waals surface area contributed by atoms with Crippen LogP contribution in [0.4, 0.5) is 0 Å². The number of hydrogen-bond donors (Lipinski definition) is 0. The molecule has 1 amide bonds. The van der Waals surface area contributed by atoms with Gasteiger partial charge in [0.2, 0.25) is 0 Å². The summed E-state index contributed by atoms with van der Waals surface area (Å²) in [6.45, 7) is 0.414. The van der Waals surface area contributed by atoms with Gasteiger partial charge >= 0.3 is 0 Å². The van der Waals surface area contributed by atoms with Crippen LogP contribution in [0.15, 0.2) is 48.8 Å². The van der Waals surface area contributed by atoms with Gasteiger partial charge in [-0.3, -0.25) is 9.78 Å². The van der Waals surface area contributed by atoms with E-state index >= 15 is 0 Å². The number of pyridine rings is 1. The smallest absolute Gasteiger partial charge is 0.256 e. The molecule has 3 nitrogen and oxygen atoms in total. The van der Waals surface area contributed by atoms with Crippen LogP contribution >= 0.6 is 11.6 Å². The monoisotopic (exact) mass is 338 g/mol. The summed E-state index contributed by atoms with van der Waals surface area (Å²) in [4.78, 5) is 18.8. The Balaban J connectivity index is 1.80. The van der Waals surface area contributed by atoms with Crippen molar-refractivity contribution >= 4 is 17.5 Å². The molecule has 0 saturated heterocycles. The van der Waals surface area contributed by atoms with Crippen LogP contribution in [-0.2, 0) is 0 Å². The van der Waals surface area contributed by atoms with Crippen molar-refractivity contribution in [3.05, 3.63) is 64.9 Å². The minimum Gasteiger partial charge on any atom is -0.324 e. The summed E-state index contributed by atoms with van der Waals surface area (Å²) in [6, 6.07) is 11.7. The molecule has 0 N–H and O–H groups in total. The van der Waals surface area contributed by atoms with Crippen LogP contribution in [0, 0.1) is 11.8 Å². The van der Waals surface area contributed by atoms with Crippen molar-refractivity contribution in [1.82, 2.24) is 9.88 Å². The lowest BCUT2D eigenvalue weighted by Crippen LogP contribution is -2.39. The molecular weight excluding hydrogens is 320 g/mol. The maximum Gasteiger partial charge on any atom is 0.256 e.